The quantitative estimate of drug-likeness (QED) is 0.871. The second kappa shape index (κ2) is 7.46. The standard InChI is InChI=1S/C13H21ClN2OS/c1-16(10-12-2-3-13(14)18-12)7-6-15-11-4-8-17-9-5-11/h2-3,11,15H,4-10H2,1H3. The molecule has 2 heterocycles. The molecule has 0 radical (unpaired) electrons. The molecule has 0 bridgehead atoms. The van der Waals surface area contributed by atoms with E-state index in [1.165, 1.54) is 4.88 Å². The topological polar surface area (TPSA) is 24.5 Å². The maximum absolute atomic E-state index is 5.93. The Morgan fingerprint density at radius 3 is 2.89 bits per heavy atom. The number of likely N-dealkylation sites (N-methyl/N-ethyl adjacent to an activating group) is 1. The Morgan fingerprint density at radius 1 is 1.44 bits per heavy atom. The van der Waals surface area contributed by atoms with Crippen molar-refractivity contribution in [1.82, 2.24) is 10.2 Å². The Kier molecular flexibility index (Phi) is 5.92. The molecule has 1 aromatic heterocycles. The lowest BCUT2D eigenvalue weighted by molar-refractivity contribution is 0.0774. The summed E-state index contributed by atoms with van der Waals surface area (Å²) >= 11 is 7.59. The third-order valence-corrected chi connectivity index (χ3v) is 4.42. The van der Waals surface area contributed by atoms with E-state index in [1.807, 2.05) is 6.07 Å². The number of thiophene rings is 1. The Hall–Kier alpha value is -0.130. The highest BCUT2D eigenvalue weighted by Gasteiger charge is 2.12. The fourth-order valence-corrected chi connectivity index (χ4v) is 3.31. The molecule has 18 heavy (non-hydrogen) atoms. The minimum absolute atomic E-state index is 0.642. The number of halogens is 1. The van der Waals surface area contributed by atoms with Crippen LogP contribution in [0, 0.1) is 0 Å². The van der Waals surface area contributed by atoms with Gasteiger partial charge < -0.3 is 15.0 Å². The summed E-state index contributed by atoms with van der Waals surface area (Å²) in [5.41, 5.74) is 0. The van der Waals surface area contributed by atoms with Gasteiger partial charge in [0.05, 0.1) is 4.34 Å². The van der Waals surface area contributed by atoms with Gasteiger partial charge in [-0.1, -0.05) is 11.6 Å². The Bertz CT molecular complexity index is 353. The lowest BCUT2D eigenvalue weighted by Crippen LogP contribution is -2.38. The molecule has 3 nitrogen and oxygen atoms in total. The van der Waals surface area contributed by atoms with Crippen molar-refractivity contribution in [2.75, 3.05) is 33.4 Å². The molecule has 1 saturated heterocycles. The smallest absolute Gasteiger partial charge is 0.0931 e. The average molecular weight is 289 g/mol. The van der Waals surface area contributed by atoms with Gasteiger partial charge in [0.15, 0.2) is 0 Å². The van der Waals surface area contributed by atoms with Crippen molar-refractivity contribution in [1.29, 1.82) is 0 Å². The number of nitrogens with zero attached hydrogens (tertiary/aromatic N) is 1. The van der Waals surface area contributed by atoms with Crippen molar-refractivity contribution in [2.24, 2.45) is 0 Å². The zero-order chi connectivity index (χ0) is 12.8. The van der Waals surface area contributed by atoms with E-state index in [9.17, 15) is 0 Å². The second-order valence-electron chi connectivity index (χ2n) is 4.78. The van der Waals surface area contributed by atoms with Crippen LogP contribution in [-0.2, 0) is 11.3 Å². The first-order valence-corrected chi connectivity index (χ1v) is 7.67. The first-order chi connectivity index (χ1) is 8.74. The first-order valence-electron chi connectivity index (χ1n) is 6.48. The van der Waals surface area contributed by atoms with Gasteiger partial charge in [-0.25, -0.2) is 0 Å². The van der Waals surface area contributed by atoms with Crippen molar-refractivity contribution in [2.45, 2.75) is 25.4 Å². The number of nitrogens with one attached hydrogen (secondary N) is 1. The Balaban J connectivity index is 1.60. The third kappa shape index (κ3) is 4.86. The van der Waals surface area contributed by atoms with Gasteiger partial charge in [0.25, 0.3) is 0 Å². The van der Waals surface area contributed by atoms with Crippen LogP contribution in [0.4, 0.5) is 0 Å². The van der Waals surface area contributed by atoms with Gasteiger partial charge in [-0.05, 0) is 32.0 Å². The van der Waals surface area contributed by atoms with Crippen LogP contribution >= 0.6 is 22.9 Å². The highest BCUT2D eigenvalue weighted by atomic mass is 35.5. The molecule has 0 saturated carbocycles. The van der Waals surface area contributed by atoms with Crippen molar-refractivity contribution in [3.8, 4) is 0 Å². The second-order valence-corrected chi connectivity index (χ2v) is 6.58. The van der Waals surface area contributed by atoms with Gasteiger partial charge in [0.1, 0.15) is 0 Å². The lowest BCUT2D eigenvalue weighted by Gasteiger charge is -2.24. The first kappa shape index (κ1) is 14.3. The summed E-state index contributed by atoms with van der Waals surface area (Å²) in [5, 5.41) is 3.60. The van der Waals surface area contributed by atoms with Gasteiger partial charge in [0, 0.05) is 43.8 Å². The maximum atomic E-state index is 5.93. The zero-order valence-electron chi connectivity index (χ0n) is 10.8. The van der Waals surface area contributed by atoms with Crippen LogP contribution in [-0.4, -0.2) is 44.3 Å². The van der Waals surface area contributed by atoms with Gasteiger partial charge in [0.2, 0.25) is 0 Å². The number of ether oxygens (including phenoxy) is 1. The van der Waals surface area contributed by atoms with Crippen LogP contribution in [0.3, 0.4) is 0 Å². The molecule has 0 unspecified atom stereocenters. The number of rotatable bonds is 6. The highest BCUT2D eigenvalue weighted by molar-refractivity contribution is 7.16. The van der Waals surface area contributed by atoms with Crippen LogP contribution in [0.25, 0.3) is 0 Å². The zero-order valence-corrected chi connectivity index (χ0v) is 12.4. The summed E-state index contributed by atoms with van der Waals surface area (Å²) in [7, 11) is 2.15. The van der Waals surface area contributed by atoms with Crippen LogP contribution in [0.1, 0.15) is 17.7 Å². The summed E-state index contributed by atoms with van der Waals surface area (Å²) < 4.78 is 6.22. The monoisotopic (exact) mass is 288 g/mol. The third-order valence-electron chi connectivity index (χ3n) is 3.20. The summed E-state index contributed by atoms with van der Waals surface area (Å²) in [4.78, 5) is 3.66. The maximum Gasteiger partial charge on any atom is 0.0931 e. The van der Waals surface area contributed by atoms with E-state index in [1.54, 1.807) is 11.3 Å². The van der Waals surface area contributed by atoms with E-state index in [2.05, 4.69) is 23.3 Å². The molecule has 0 aromatic carbocycles. The normalized spacial score (nSPS) is 17.5. The summed E-state index contributed by atoms with van der Waals surface area (Å²) in [5.74, 6) is 0. The van der Waals surface area contributed by atoms with E-state index < -0.39 is 0 Å². The summed E-state index contributed by atoms with van der Waals surface area (Å²) in [6.45, 7) is 4.89. The van der Waals surface area contributed by atoms with Crippen LogP contribution in [0.5, 0.6) is 0 Å². The molecule has 0 aliphatic carbocycles. The van der Waals surface area contributed by atoms with E-state index >= 15 is 0 Å². The molecule has 1 aliphatic rings. The van der Waals surface area contributed by atoms with Crippen molar-refractivity contribution in [3.05, 3.63) is 21.3 Å². The minimum Gasteiger partial charge on any atom is -0.381 e. The Morgan fingerprint density at radius 2 is 2.22 bits per heavy atom. The molecule has 0 amide bonds. The number of hydrogen-bond acceptors (Lipinski definition) is 4. The molecule has 0 atom stereocenters. The average Bonchev–Trinajstić information content (AvgIpc) is 2.76. The van der Waals surface area contributed by atoms with Crippen LogP contribution < -0.4 is 5.32 Å². The van der Waals surface area contributed by atoms with Gasteiger partial charge >= 0.3 is 0 Å². The van der Waals surface area contributed by atoms with Gasteiger partial charge in [-0.2, -0.15) is 0 Å². The molecule has 1 aliphatic heterocycles. The summed E-state index contributed by atoms with van der Waals surface area (Å²) in [6.07, 6.45) is 2.29. The molecular formula is C13H21ClN2OS. The molecule has 1 aromatic rings. The fraction of sp³-hybridized carbons (Fsp3) is 0.692. The molecule has 0 spiro atoms. The lowest BCUT2D eigenvalue weighted by atomic mass is 10.1. The van der Waals surface area contributed by atoms with Crippen molar-refractivity contribution < 1.29 is 4.74 Å². The summed E-state index contributed by atoms with van der Waals surface area (Å²) in [6, 6.07) is 4.72. The predicted octanol–water partition coefficient (Wildman–Crippen LogP) is 2.60. The molecular weight excluding hydrogens is 268 g/mol. The predicted molar refractivity (Wildman–Crippen MR) is 77.5 cm³/mol. The van der Waals surface area contributed by atoms with Crippen molar-refractivity contribution >= 4 is 22.9 Å². The van der Waals surface area contributed by atoms with E-state index in [0.29, 0.717) is 6.04 Å². The minimum atomic E-state index is 0.642. The number of hydrogen-bond donors (Lipinski definition) is 1. The van der Waals surface area contributed by atoms with E-state index in [-0.39, 0.29) is 0 Å². The molecule has 5 heteroatoms. The molecule has 1 fully saturated rings. The molecule has 102 valence electrons. The van der Waals surface area contributed by atoms with Gasteiger partial charge in [-0.15, -0.1) is 11.3 Å². The highest BCUT2D eigenvalue weighted by Crippen LogP contribution is 2.22. The fourth-order valence-electron chi connectivity index (χ4n) is 2.14. The molecule has 1 N–H and O–H groups in total. The van der Waals surface area contributed by atoms with Gasteiger partial charge in [-0.3, -0.25) is 0 Å². The van der Waals surface area contributed by atoms with Crippen LogP contribution in [0.15, 0.2) is 12.1 Å². The van der Waals surface area contributed by atoms with Crippen molar-refractivity contribution in [3.63, 3.8) is 0 Å². The largest absolute Gasteiger partial charge is 0.381 e. The van der Waals surface area contributed by atoms with E-state index in [0.717, 1.165) is 50.0 Å². The van der Waals surface area contributed by atoms with Crippen LogP contribution in [0.2, 0.25) is 4.34 Å². The Labute approximate surface area is 118 Å². The SMILES string of the molecule is CN(CCNC1CCOCC1)Cc1ccc(Cl)s1. The van der Waals surface area contributed by atoms with E-state index in [4.69, 9.17) is 16.3 Å². The molecule has 2 rings (SSSR count).